The minimum Gasteiger partial charge on any atom is -0.543 e. The predicted octanol–water partition coefficient (Wildman–Crippen LogP) is 11.0. The third-order valence-electron chi connectivity index (χ3n) is 7.75. The van der Waals surface area contributed by atoms with Crippen LogP contribution < -0.4 is 26.3 Å². The van der Waals surface area contributed by atoms with E-state index in [1.807, 2.05) is 36.4 Å². The molecule has 0 bridgehead atoms. The minimum absolute atomic E-state index is 0. The standard InChI is InChI=1S/C28H28P2.C10H8N2.C6H5NO2.F6P.Ru/c1-5-15-25(16-6-1)29(26-17-7-2-8-18-26)23-13-14-24-30(27-19-9-3-10-20-27)28-21-11-4-12-22-28;1-3-7-11-9(5-1)10-6-2-4-8-12-10;8-6(9)5-3-1-2-4-7-5;1-7(2,3,4,5)6;/h1-12,15-22H,13-14,23-24H2;1-8H;1-4H,(H,8,9);;/q;;;-1;+2/p-1. The predicted molar refractivity (Wildman–Crippen MR) is 227 cm³/mol. The molecule has 15 heteroatoms. The Labute approximate surface area is 355 Å². The van der Waals surface area contributed by atoms with Gasteiger partial charge in [-0.1, -0.05) is 140 Å². The van der Waals surface area contributed by atoms with Crippen molar-refractivity contribution in [2.75, 3.05) is 12.3 Å². The molecule has 0 aliphatic heterocycles. The molecule has 0 saturated heterocycles. The van der Waals surface area contributed by atoms with E-state index >= 15 is 0 Å². The number of hydrogen-bond acceptors (Lipinski definition) is 5. The van der Waals surface area contributed by atoms with Crippen LogP contribution >= 0.6 is 23.7 Å². The van der Waals surface area contributed by atoms with Crippen LogP contribution in [0.15, 0.2) is 195 Å². The van der Waals surface area contributed by atoms with Gasteiger partial charge < -0.3 is 9.90 Å². The van der Waals surface area contributed by atoms with Gasteiger partial charge in [0.05, 0.1) is 23.1 Å². The Morgan fingerprint density at radius 1 is 0.441 bits per heavy atom. The third kappa shape index (κ3) is 20.7. The molecule has 59 heavy (non-hydrogen) atoms. The summed E-state index contributed by atoms with van der Waals surface area (Å²) < 4.78 is 59.2. The number of halogens is 6. The first kappa shape index (κ1) is 48.7. The van der Waals surface area contributed by atoms with Crippen LogP contribution in [0, 0.1) is 0 Å². The number of carboxylic acids is 1. The first-order chi connectivity index (χ1) is 27.6. The zero-order valence-electron chi connectivity index (χ0n) is 31.4. The van der Waals surface area contributed by atoms with E-state index in [1.54, 1.807) is 24.5 Å². The summed E-state index contributed by atoms with van der Waals surface area (Å²) in [5, 5.41) is 16.0. The van der Waals surface area contributed by atoms with Crippen molar-refractivity contribution in [3.05, 3.63) is 200 Å². The van der Waals surface area contributed by atoms with Gasteiger partial charge in [-0.3, -0.25) is 15.0 Å². The second kappa shape index (κ2) is 23.2. The molecule has 5 nitrogen and oxygen atoms in total. The molecule has 0 unspecified atom stereocenters. The molecule has 0 aliphatic rings. The van der Waals surface area contributed by atoms with Crippen molar-refractivity contribution in [3.63, 3.8) is 0 Å². The molecule has 0 N–H and O–H groups in total. The average Bonchev–Trinajstić information content (AvgIpc) is 3.24. The topological polar surface area (TPSA) is 78.8 Å². The Bertz CT molecular complexity index is 2000. The summed E-state index contributed by atoms with van der Waals surface area (Å²) in [5.41, 5.74) is 1.80. The number of nitrogens with zero attached hydrogens (tertiary/aromatic N) is 3. The van der Waals surface area contributed by atoms with Gasteiger partial charge in [0.15, 0.2) is 0 Å². The molecule has 7 aromatic rings. The van der Waals surface area contributed by atoms with Crippen LogP contribution in [0.3, 0.4) is 0 Å². The van der Waals surface area contributed by atoms with Crippen LogP contribution in [0.4, 0.5) is 25.2 Å². The number of aromatic carboxylic acids is 1. The molecule has 4 aromatic carbocycles. The van der Waals surface area contributed by atoms with Crippen molar-refractivity contribution in [2.45, 2.75) is 12.8 Å². The number of pyridine rings is 3. The molecule has 3 heterocycles. The van der Waals surface area contributed by atoms with Crippen molar-refractivity contribution in [3.8, 4) is 11.4 Å². The Kier molecular flexibility index (Phi) is 19.1. The van der Waals surface area contributed by atoms with Gasteiger partial charge in [0, 0.05) is 18.6 Å². The number of aromatic nitrogens is 3. The van der Waals surface area contributed by atoms with E-state index in [4.69, 9.17) is 0 Å². The second-order valence-electron chi connectivity index (χ2n) is 12.2. The van der Waals surface area contributed by atoms with Crippen molar-refractivity contribution in [1.29, 1.82) is 0 Å². The number of rotatable bonds is 11. The van der Waals surface area contributed by atoms with Crippen LogP contribution in [-0.4, -0.2) is 33.2 Å². The van der Waals surface area contributed by atoms with E-state index in [0.717, 1.165) is 11.4 Å². The molecule has 0 aliphatic carbocycles. The van der Waals surface area contributed by atoms with E-state index in [1.165, 1.54) is 58.6 Å². The van der Waals surface area contributed by atoms with Crippen LogP contribution in [0.25, 0.3) is 11.4 Å². The Morgan fingerprint density at radius 2 is 0.712 bits per heavy atom. The van der Waals surface area contributed by atoms with Crippen LogP contribution in [0.5, 0.6) is 0 Å². The van der Waals surface area contributed by atoms with Gasteiger partial charge in [-0.2, -0.15) is 0 Å². The smallest absolute Gasteiger partial charge is 0.543 e. The quantitative estimate of drug-likeness (QED) is 0.0559. The second-order valence-corrected chi connectivity index (χ2v) is 18.8. The van der Waals surface area contributed by atoms with Crippen LogP contribution in [0.2, 0.25) is 0 Å². The molecule has 3 aromatic heterocycles. The first-order valence-electron chi connectivity index (χ1n) is 17.9. The third-order valence-corrected chi connectivity index (χ3v) is 13.0. The number of benzene rings is 4. The molecular formula is C44H40F6N3O2P3Ru. The van der Waals surface area contributed by atoms with Gasteiger partial charge >= 0.3 is 52.5 Å². The van der Waals surface area contributed by atoms with Crippen molar-refractivity contribution < 1.29 is 54.6 Å². The van der Waals surface area contributed by atoms with Gasteiger partial charge in [-0.15, -0.1) is 0 Å². The van der Waals surface area contributed by atoms with E-state index in [9.17, 15) is 35.1 Å². The van der Waals surface area contributed by atoms with Gasteiger partial charge in [0.25, 0.3) is 0 Å². The van der Waals surface area contributed by atoms with Gasteiger partial charge in [-0.05, 0) is 98.6 Å². The van der Waals surface area contributed by atoms with Crippen LogP contribution in [-0.2, 0) is 19.5 Å². The molecule has 0 spiro atoms. The van der Waals surface area contributed by atoms with Gasteiger partial charge in [0.2, 0.25) is 0 Å². The minimum atomic E-state index is -10.7. The summed E-state index contributed by atoms with van der Waals surface area (Å²) in [5.74, 6) is -1.24. The summed E-state index contributed by atoms with van der Waals surface area (Å²) in [7, 11) is -11.2. The molecule has 0 atom stereocenters. The van der Waals surface area contributed by atoms with Gasteiger partial charge in [-0.25, -0.2) is 0 Å². The molecule has 0 fully saturated rings. The zero-order chi connectivity index (χ0) is 41.8. The Hall–Kier alpha value is -4.71. The fraction of sp³-hybridized carbons (Fsp3) is 0.0909. The number of carbonyl (C=O) groups is 1. The van der Waals surface area contributed by atoms with E-state index in [2.05, 4.69) is 136 Å². The number of unbranched alkanes of at least 4 members (excludes halogenated alkanes) is 1. The molecule has 0 saturated carbocycles. The molecule has 7 rings (SSSR count). The summed E-state index contributed by atoms with van der Waals surface area (Å²) >= 11 is 0. The molecule has 0 amide bonds. The summed E-state index contributed by atoms with van der Waals surface area (Å²) in [6.45, 7) is 0. The maximum atomic E-state index is 10.0. The fourth-order valence-corrected chi connectivity index (χ4v) is 10.1. The molecule has 0 radical (unpaired) electrons. The summed E-state index contributed by atoms with van der Waals surface area (Å²) in [6.07, 6.45) is 10.0. The molecular weight excluding hydrogens is 910 g/mol. The monoisotopic (exact) mass is 951 g/mol. The average molecular weight is 951 g/mol. The SMILES string of the molecule is F[P-](F)(F)(F)(F)F.O=C([O-])c1ccccn1.[Ru+2].c1ccc(-c2ccccn2)nc1.c1ccc(P(CCCCP(c2ccccc2)c2ccccc2)c2ccccc2)cc1. The summed E-state index contributed by atoms with van der Waals surface area (Å²) in [4.78, 5) is 21.9. The number of carboxylic acid groups (broad SMARTS) is 1. The maximum Gasteiger partial charge on any atom is 2.00 e. The van der Waals surface area contributed by atoms with Crippen molar-refractivity contribution in [1.82, 2.24) is 15.0 Å². The number of carbonyl (C=O) groups excluding carboxylic acids is 1. The number of hydrogen-bond donors (Lipinski definition) is 0. The van der Waals surface area contributed by atoms with Gasteiger partial charge in [0.1, 0.15) is 0 Å². The fourth-order valence-electron chi connectivity index (χ4n) is 5.30. The maximum absolute atomic E-state index is 10.7. The normalized spacial score (nSPS) is 11.7. The van der Waals surface area contributed by atoms with E-state index < -0.39 is 13.8 Å². The molecule has 308 valence electrons. The Balaban J connectivity index is 0.000000261. The Morgan fingerprint density at radius 3 is 0.932 bits per heavy atom. The van der Waals surface area contributed by atoms with Crippen molar-refractivity contribution in [2.24, 2.45) is 0 Å². The summed E-state index contributed by atoms with van der Waals surface area (Å²) in [6, 6.07) is 60.6. The van der Waals surface area contributed by atoms with Crippen molar-refractivity contribution >= 4 is 50.8 Å². The van der Waals surface area contributed by atoms with Crippen LogP contribution in [0.1, 0.15) is 23.3 Å². The van der Waals surface area contributed by atoms with E-state index in [0.29, 0.717) is 0 Å². The first-order valence-corrected chi connectivity index (χ1v) is 23.0. The largest absolute Gasteiger partial charge is 2.00 e. The zero-order valence-corrected chi connectivity index (χ0v) is 35.8. The van der Waals surface area contributed by atoms with E-state index in [-0.39, 0.29) is 41.0 Å².